The van der Waals surface area contributed by atoms with Crippen molar-refractivity contribution in [3.63, 3.8) is 0 Å². The lowest BCUT2D eigenvalue weighted by Crippen LogP contribution is -2.60. The lowest BCUT2D eigenvalue weighted by atomic mass is 9.89. The fourth-order valence-corrected chi connectivity index (χ4v) is 5.79. The number of nitrogens with one attached hydrogen (secondary N) is 3. The van der Waals surface area contributed by atoms with Crippen LogP contribution in [0.15, 0.2) is 42.5 Å². The number of benzene rings is 2. The van der Waals surface area contributed by atoms with Crippen molar-refractivity contribution in [2.75, 3.05) is 0 Å². The third kappa shape index (κ3) is 4.95. The molecule has 2 fully saturated rings. The molecule has 3 aliphatic rings. The lowest BCUT2D eigenvalue weighted by molar-refractivity contribution is -0.133. The Labute approximate surface area is 221 Å². The highest BCUT2D eigenvalue weighted by atomic mass is 19.1. The molecule has 8 nitrogen and oxygen atoms in total. The van der Waals surface area contributed by atoms with Crippen LogP contribution in [0.5, 0.6) is 5.75 Å². The van der Waals surface area contributed by atoms with E-state index in [1.807, 2.05) is 33.8 Å². The minimum Gasteiger partial charge on any atom is -0.487 e. The van der Waals surface area contributed by atoms with Crippen LogP contribution in [0, 0.1) is 34.4 Å². The maximum Gasteiger partial charge on any atom is 0.232 e. The summed E-state index contributed by atoms with van der Waals surface area (Å²) < 4.78 is 20.1. The molecule has 2 aromatic rings. The van der Waals surface area contributed by atoms with Crippen LogP contribution in [0.2, 0.25) is 0 Å². The van der Waals surface area contributed by atoms with Gasteiger partial charge < -0.3 is 15.4 Å². The molecule has 4 atom stereocenters. The highest BCUT2D eigenvalue weighted by Gasteiger charge is 2.53. The molecule has 1 saturated carbocycles. The first-order valence-electron chi connectivity index (χ1n) is 12.9. The van der Waals surface area contributed by atoms with Crippen molar-refractivity contribution in [3.05, 3.63) is 65.0 Å². The predicted molar refractivity (Wildman–Crippen MR) is 139 cm³/mol. The Morgan fingerprint density at radius 1 is 1.26 bits per heavy atom. The SMILES string of the molecule is CC1(C)CC(=O)N(C(c2cccc(C#N)c2)[C@@H]2C[C@H]2C(=O)NC2CC(C)(C)Oc3ccc(F)cc32)C(=N)N1. The Hall–Kier alpha value is -3.93. The van der Waals surface area contributed by atoms with E-state index in [1.165, 1.54) is 17.0 Å². The molecule has 2 amide bonds. The molecule has 5 rings (SSSR count). The number of nitriles is 1. The summed E-state index contributed by atoms with van der Waals surface area (Å²) in [6, 6.07) is 12.5. The zero-order valence-electron chi connectivity index (χ0n) is 22.0. The van der Waals surface area contributed by atoms with Gasteiger partial charge in [-0.05, 0) is 75.9 Å². The second-order valence-electron chi connectivity index (χ2n) is 11.8. The van der Waals surface area contributed by atoms with Gasteiger partial charge in [-0.15, -0.1) is 0 Å². The van der Waals surface area contributed by atoms with E-state index < -0.39 is 35.0 Å². The molecule has 198 valence electrons. The van der Waals surface area contributed by atoms with Gasteiger partial charge in [-0.1, -0.05) is 12.1 Å². The second-order valence-corrected chi connectivity index (χ2v) is 11.8. The largest absolute Gasteiger partial charge is 0.487 e. The van der Waals surface area contributed by atoms with Crippen molar-refractivity contribution in [2.45, 2.75) is 70.2 Å². The first kappa shape index (κ1) is 25.7. The third-order valence-electron chi connectivity index (χ3n) is 7.52. The zero-order chi connectivity index (χ0) is 27.4. The van der Waals surface area contributed by atoms with Crippen LogP contribution in [0.25, 0.3) is 0 Å². The highest BCUT2D eigenvalue weighted by Crippen LogP contribution is 2.52. The number of halogens is 1. The summed E-state index contributed by atoms with van der Waals surface area (Å²) in [4.78, 5) is 28.2. The molecular weight excluding hydrogens is 485 g/mol. The van der Waals surface area contributed by atoms with Gasteiger partial charge in [0, 0.05) is 29.9 Å². The maximum atomic E-state index is 14.1. The number of fused-ring (bicyclic) bond motifs is 1. The molecule has 1 aliphatic carbocycles. The quantitative estimate of drug-likeness (QED) is 0.546. The normalized spacial score (nSPS) is 25.8. The van der Waals surface area contributed by atoms with Crippen LogP contribution in [-0.2, 0) is 9.59 Å². The molecule has 0 bridgehead atoms. The van der Waals surface area contributed by atoms with E-state index in [1.54, 1.807) is 24.3 Å². The van der Waals surface area contributed by atoms with Crippen molar-refractivity contribution in [1.82, 2.24) is 15.5 Å². The van der Waals surface area contributed by atoms with Crippen LogP contribution in [0.4, 0.5) is 4.39 Å². The minimum atomic E-state index is -0.571. The van der Waals surface area contributed by atoms with Crippen molar-refractivity contribution in [2.24, 2.45) is 11.8 Å². The van der Waals surface area contributed by atoms with E-state index in [4.69, 9.17) is 10.1 Å². The van der Waals surface area contributed by atoms with Gasteiger partial charge in [-0.2, -0.15) is 5.26 Å². The Kier molecular flexibility index (Phi) is 6.17. The number of amides is 2. The fraction of sp³-hybridized carbons (Fsp3) is 0.448. The Bertz CT molecular complexity index is 1340. The summed E-state index contributed by atoms with van der Waals surface area (Å²) in [7, 11) is 0. The van der Waals surface area contributed by atoms with Gasteiger partial charge in [0.15, 0.2) is 5.96 Å². The summed E-state index contributed by atoms with van der Waals surface area (Å²) in [5.41, 5.74) is 0.667. The number of ether oxygens (including phenoxy) is 1. The number of carbonyl (C=O) groups excluding carboxylic acids is 2. The van der Waals surface area contributed by atoms with Gasteiger partial charge in [-0.25, -0.2) is 4.39 Å². The van der Waals surface area contributed by atoms with Gasteiger partial charge in [0.05, 0.1) is 23.7 Å². The molecule has 3 N–H and O–H groups in total. The topological polar surface area (TPSA) is 118 Å². The van der Waals surface area contributed by atoms with Gasteiger partial charge >= 0.3 is 0 Å². The summed E-state index contributed by atoms with van der Waals surface area (Å²) in [6.07, 6.45) is 1.21. The molecule has 2 aromatic carbocycles. The van der Waals surface area contributed by atoms with E-state index in [2.05, 4.69) is 16.7 Å². The van der Waals surface area contributed by atoms with Crippen molar-refractivity contribution in [1.29, 1.82) is 10.7 Å². The molecular formula is C29H32FN5O3. The zero-order valence-corrected chi connectivity index (χ0v) is 22.0. The Balaban J connectivity index is 1.42. The number of hydrogen-bond acceptors (Lipinski definition) is 5. The summed E-state index contributed by atoms with van der Waals surface area (Å²) in [6.45, 7) is 7.59. The molecule has 9 heteroatoms. The van der Waals surface area contributed by atoms with E-state index in [9.17, 15) is 19.2 Å². The van der Waals surface area contributed by atoms with Crippen molar-refractivity contribution in [3.8, 4) is 11.8 Å². The number of guanidine groups is 1. The van der Waals surface area contributed by atoms with Gasteiger partial charge in [-0.3, -0.25) is 19.9 Å². The molecule has 2 heterocycles. The first-order valence-corrected chi connectivity index (χ1v) is 12.9. The molecule has 0 radical (unpaired) electrons. The number of rotatable bonds is 5. The van der Waals surface area contributed by atoms with E-state index >= 15 is 0 Å². The van der Waals surface area contributed by atoms with Crippen molar-refractivity contribution >= 4 is 17.8 Å². The predicted octanol–water partition coefficient (Wildman–Crippen LogP) is 4.33. The van der Waals surface area contributed by atoms with Crippen LogP contribution in [0.3, 0.4) is 0 Å². The average Bonchev–Trinajstić information content (AvgIpc) is 3.61. The number of nitrogens with zero attached hydrogens (tertiary/aromatic N) is 2. The fourth-order valence-electron chi connectivity index (χ4n) is 5.79. The van der Waals surface area contributed by atoms with E-state index in [0.717, 1.165) is 0 Å². The van der Waals surface area contributed by atoms with Crippen molar-refractivity contribution < 1.29 is 18.7 Å². The molecule has 38 heavy (non-hydrogen) atoms. The van der Waals surface area contributed by atoms with E-state index in [-0.39, 0.29) is 30.1 Å². The lowest BCUT2D eigenvalue weighted by Gasteiger charge is -2.42. The minimum absolute atomic E-state index is 0.0137. The smallest absolute Gasteiger partial charge is 0.232 e. The molecule has 0 spiro atoms. The number of hydrogen-bond donors (Lipinski definition) is 3. The van der Waals surface area contributed by atoms with Gasteiger partial charge in [0.2, 0.25) is 11.8 Å². The third-order valence-corrected chi connectivity index (χ3v) is 7.52. The molecule has 2 unspecified atom stereocenters. The standard InChI is InChI=1S/C29H32FN5O3/c1-28(2)14-24(36)35(27(32)34-28)25(17-7-5-6-16(10-17)15-31)19-12-20(19)26(37)33-22-13-29(3,4)38-23-9-8-18(30)11-21(22)23/h5-11,19-20,22,25H,12-14H2,1-4H3,(H2,32,34)(H,33,37)/t19-,20-,22?,25?/m1/s1. The number of carbonyl (C=O) groups is 2. The first-order chi connectivity index (χ1) is 17.9. The summed E-state index contributed by atoms with van der Waals surface area (Å²) >= 11 is 0. The molecule has 1 saturated heterocycles. The monoisotopic (exact) mass is 517 g/mol. The van der Waals surface area contributed by atoms with E-state index in [0.29, 0.717) is 35.3 Å². The maximum absolute atomic E-state index is 14.1. The average molecular weight is 518 g/mol. The summed E-state index contributed by atoms with van der Waals surface area (Å²) in [5, 5.41) is 24.3. The Morgan fingerprint density at radius 3 is 2.74 bits per heavy atom. The Morgan fingerprint density at radius 2 is 2.03 bits per heavy atom. The molecule has 0 aromatic heterocycles. The van der Waals surface area contributed by atoms with Crippen LogP contribution in [0.1, 0.15) is 75.7 Å². The van der Waals surface area contributed by atoms with Gasteiger partial charge in [0.25, 0.3) is 0 Å². The summed E-state index contributed by atoms with van der Waals surface area (Å²) in [5.74, 6) is -0.884. The molecule has 2 aliphatic heterocycles. The van der Waals surface area contributed by atoms with Gasteiger partial charge in [0.1, 0.15) is 17.2 Å². The van der Waals surface area contributed by atoms with Crippen LogP contribution < -0.4 is 15.4 Å². The highest BCUT2D eigenvalue weighted by molar-refractivity contribution is 5.99. The second kappa shape index (κ2) is 9.12. The van der Waals surface area contributed by atoms with Crippen LogP contribution >= 0.6 is 0 Å². The van der Waals surface area contributed by atoms with Crippen LogP contribution in [-0.4, -0.2) is 33.8 Å².